The van der Waals surface area contributed by atoms with E-state index in [1.54, 1.807) is 0 Å². The van der Waals surface area contributed by atoms with E-state index in [2.05, 4.69) is 43.5 Å². The van der Waals surface area contributed by atoms with Gasteiger partial charge in [0, 0.05) is 0 Å². The van der Waals surface area contributed by atoms with Gasteiger partial charge < -0.3 is 25.7 Å². The Morgan fingerprint density at radius 2 is 0.977 bits per heavy atom. The lowest BCUT2D eigenvalue weighted by Crippen LogP contribution is -2.53. The molecular weight excluding hydrogens is 538 g/mol. The van der Waals surface area contributed by atoms with Gasteiger partial charge in [-0.1, -0.05) is 141 Å². The molecule has 0 aliphatic rings. The average Bonchev–Trinajstić information content (AvgIpc) is 3.01. The first-order valence-corrected chi connectivity index (χ1v) is 18.2. The van der Waals surface area contributed by atoms with E-state index in [4.69, 9.17) is 0 Å². The van der Waals surface area contributed by atoms with E-state index in [0.29, 0.717) is 12.8 Å². The van der Waals surface area contributed by atoms with Crippen molar-refractivity contribution in [1.29, 1.82) is 0 Å². The van der Waals surface area contributed by atoms with Crippen LogP contribution in [0.3, 0.4) is 0 Å². The molecule has 43 heavy (non-hydrogen) atoms. The number of rotatable bonds is 32. The summed E-state index contributed by atoms with van der Waals surface area (Å²) >= 11 is 0. The van der Waals surface area contributed by atoms with Crippen LogP contribution in [-0.4, -0.2) is 57.3 Å². The summed E-state index contributed by atoms with van der Waals surface area (Å²) in [4.78, 5) is 12.4. The maximum absolute atomic E-state index is 12.4. The zero-order valence-electron chi connectivity index (χ0n) is 28.2. The van der Waals surface area contributed by atoms with Crippen molar-refractivity contribution < 1.29 is 25.2 Å². The zero-order valence-corrected chi connectivity index (χ0v) is 28.2. The fourth-order valence-electron chi connectivity index (χ4n) is 5.38. The first-order valence-electron chi connectivity index (χ1n) is 18.2. The smallest absolute Gasteiger partial charge is 0.249 e. The van der Waals surface area contributed by atoms with E-state index >= 15 is 0 Å². The Morgan fingerprint density at radius 3 is 1.47 bits per heavy atom. The number of carbonyl (C=O) groups excluding carboxylic acids is 1. The first-order chi connectivity index (χ1) is 21.0. The molecule has 6 nitrogen and oxygen atoms in total. The van der Waals surface area contributed by atoms with Gasteiger partial charge in [0.15, 0.2) is 0 Å². The Hall–Kier alpha value is -1.21. The normalized spacial score (nSPS) is 14.8. The summed E-state index contributed by atoms with van der Waals surface area (Å²) in [6, 6.07) is -1.00. The molecule has 5 N–H and O–H groups in total. The lowest BCUT2D eigenvalue weighted by Gasteiger charge is -2.27. The summed E-state index contributed by atoms with van der Waals surface area (Å²) in [5.74, 6) is -0.607. The molecule has 1 amide bonds. The van der Waals surface area contributed by atoms with Crippen molar-refractivity contribution >= 4 is 5.91 Å². The molecule has 4 atom stereocenters. The van der Waals surface area contributed by atoms with Gasteiger partial charge in [0.2, 0.25) is 5.91 Å². The Kier molecular flexibility index (Phi) is 31.3. The summed E-state index contributed by atoms with van der Waals surface area (Å²) < 4.78 is 0. The third-order valence-corrected chi connectivity index (χ3v) is 8.38. The third kappa shape index (κ3) is 26.9. The van der Waals surface area contributed by atoms with Crippen molar-refractivity contribution in [3.8, 4) is 0 Å². The van der Waals surface area contributed by atoms with E-state index in [1.165, 1.54) is 89.9 Å². The predicted molar refractivity (Wildman–Crippen MR) is 182 cm³/mol. The molecule has 0 bridgehead atoms. The lowest BCUT2D eigenvalue weighted by atomic mass is 10.00. The Labute approximate surface area is 265 Å². The third-order valence-electron chi connectivity index (χ3n) is 8.38. The lowest BCUT2D eigenvalue weighted by molar-refractivity contribution is -0.132. The van der Waals surface area contributed by atoms with Gasteiger partial charge in [-0.3, -0.25) is 4.79 Å². The monoisotopic (exact) mass is 610 g/mol. The van der Waals surface area contributed by atoms with E-state index < -0.39 is 36.9 Å². The molecule has 4 unspecified atom stereocenters. The topological polar surface area (TPSA) is 110 Å². The van der Waals surface area contributed by atoms with Crippen LogP contribution < -0.4 is 5.32 Å². The Bertz CT molecular complexity index is 653. The van der Waals surface area contributed by atoms with Crippen molar-refractivity contribution in [3.05, 3.63) is 24.3 Å². The summed E-state index contributed by atoms with van der Waals surface area (Å²) in [7, 11) is 0. The maximum atomic E-state index is 12.4. The van der Waals surface area contributed by atoms with Crippen LogP contribution >= 0.6 is 0 Å². The van der Waals surface area contributed by atoms with Crippen molar-refractivity contribution in [1.82, 2.24) is 5.32 Å². The molecule has 0 spiro atoms. The molecule has 0 fully saturated rings. The maximum Gasteiger partial charge on any atom is 0.249 e. The molecule has 0 saturated carbocycles. The Morgan fingerprint density at radius 1 is 0.558 bits per heavy atom. The summed E-state index contributed by atoms with van der Waals surface area (Å²) in [5.41, 5.74) is 0. The number of unbranched alkanes of at least 4 members (excludes halogenated alkanes) is 19. The van der Waals surface area contributed by atoms with Gasteiger partial charge in [-0.25, -0.2) is 0 Å². The van der Waals surface area contributed by atoms with E-state index in [9.17, 15) is 25.2 Å². The van der Waals surface area contributed by atoms with Crippen LogP contribution in [0, 0.1) is 0 Å². The molecular formula is C37H71NO5. The number of aliphatic hydroxyl groups excluding tert-OH is 4. The van der Waals surface area contributed by atoms with Gasteiger partial charge in [0.25, 0.3) is 0 Å². The van der Waals surface area contributed by atoms with Crippen LogP contribution in [0.5, 0.6) is 0 Å². The molecule has 0 aliphatic carbocycles. The van der Waals surface area contributed by atoms with Gasteiger partial charge in [-0.2, -0.15) is 0 Å². The van der Waals surface area contributed by atoms with Crippen LogP contribution in [0.1, 0.15) is 174 Å². The molecule has 6 heteroatoms. The van der Waals surface area contributed by atoms with Crippen LogP contribution in [-0.2, 0) is 4.79 Å². The summed E-state index contributed by atoms with van der Waals surface area (Å²) in [5, 5.41) is 43.3. The second-order valence-corrected chi connectivity index (χ2v) is 12.6. The molecule has 0 rings (SSSR count). The SMILES string of the molecule is CCCC/C=C\CCCCCCC(O)C(=O)NC(CO)C(O)C(O)CCC/C=C/CCCCCCCCCCCCCC. The molecule has 0 aromatic rings. The van der Waals surface area contributed by atoms with Crippen molar-refractivity contribution in [2.45, 2.75) is 199 Å². The number of nitrogens with one attached hydrogen (secondary N) is 1. The molecule has 0 heterocycles. The quantitative estimate of drug-likeness (QED) is 0.0388. The van der Waals surface area contributed by atoms with Crippen molar-refractivity contribution in [2.24, 2.45) is 0 Å². The second kappa shape index (κ2) is 32.2. The number of allylic oxidation sites excluding steroid dienone is 4. The van der Waals surface area contributed by atoms with E-state index in [1.807, 2.05) is 0 Å². The zero-order chi connectivity index (χ0) is 31.8. The minimum absolute atomic E-state index is 0.348. The first kappa shape index (κ1) is 41.8. The fraction of sp³-hybridized carbons (Fsp3) is 0.865. The molecule has 0 aromatic heterocycles. The number of hydrogen-bond donors (Lipinski definition) is 5. The van der Waals surface area contributed by atoms with Gasteiger partial charge in [-0.05, 0) is 57.8 Å². The van der Waals surface area contributed by atoms with Crippen LogP contribution in [0.15, 0.2) is 24.3 Å². The van der Waals surface area contributed by atoms with Gasteiger partial charge in [0.1, 0.15) is 12.2 Å². The highest BCUT2D eigenvalue weighted by Gasteiger charge is 2.28. The molecule has 0 radical (unpaired) electrons. The largest absolute Gasteiger partial charge is 0.394 e. The average molecular weight is 610 g/mol. The number of carbonyl (C=O) groups is 1. The Balaban J connectivity index is 3.86. The molecule has 0 saturated heterocycles. The van der Waals surface area contributed by atoms with E-state index in [0.717, 1.165) is 57.8 Å². The minimum atomic E-state index is -1.28. The number of aliphatic hydroxyl groups is 4. The van der Waals surface area contributed by atoms with Crippen LogP contribution in [0.25, 0.3) is 0 Å². The highest BCUT2D eigenvalue weighted by atomic mass is 16.3. The van der Waals surface area contributed by atoms with Gasteiger partial charge in [-0.15, -0.1) is 0 Å². The standard InChI is InChI=1S/C37H71NO5/c1-3-5-7-9-11-13-15-16-17-18-19-20-21-23-24-26-28-30-34(40)36(42)33(32-39)38-37(43)35(41)31-29-27-25-22-14-12-10-8-6-4-2/h10,12,23-24,33-36,39-42H,3-9,11,13-22,25-32H2,1-2H3,(H,38,43)/b12-10-,24-23+. The van der Waals surface area contributed by atoms with Crippen molar-refractivity contribution in [2.75, 3.05) is 6.61 Å². The van der Waals surface area contributed by atoms with Gasteiger partial charge in [0.05, 0.1) is 18.8 Å². The summed E-state index contributed by atoms with van der Waals surface area (Å²) in [6.07, 6.45) is 33.5. The second-order valence-electron chi connectivity index (χ2n) is 12.6. The van der Waals surface area contributed by atoms with Crippen LogP contribution in [0.2, 0.25) is 0 Å². The molecule has 0 aliphatic heterocycles. The fourth-order valence-corrected chi connectivity index (χ4v) is 5.38. The number of amides is 1. The predicted octanol–water partition coefficient (Wildman–Crippen LogP) is 8.45. The molecule has 0 aromatic carbocycles. The minimum Gasteiger partial charge on any atom is -0.394 e. The highest BCUT2D eigenvalue weighted by Crippen LogP contribution is 2.14. The molecule has 254 valence electrons. The van der Waals surface area contributed by atoms with Crippen molar-refractivity contribution in [3.63, 3.8) is 0 Å². The highest BCUT2D eigenvalue weighted by molar-refractivity contribution is 5.80. The van der Waals surface area contributed by atoms with E-state index in [-0.39, 0.29) is 0 Å². The number of hydrogen-bond acceptors (Lipinski definition) is 5. The van der Waals surface area contributed by atoms with Crippen LogP contribution in [0.4, 0.5) is 0 Å². The summed E-state index contributed by atoms with van der Waals surface area (Å²) in [6.45, 7) is 3.96. The van der Waals surface area contributed by atoms with Gasteiger partial charge >= 0.3 is 0 Å².